The van der Waals surface area contributed by atoms with Gasteiger partial charge in [-0.05, 0) is 50.0 Å². The first-order chi connectivity index (χ1) is 10.2. The molecule has 4 atom stereocenters. The minimum Gasteiger partial charge on any atom is -0.388 e. The summed E-state index contributed by atoms with van der Waals surface area (Å²) >= 11 is 0. The molecule has 1 aromatic rings. The van der Waals surface area contributed by atoms with E-state index in [1.165, 1.54) is 19.3 Å². The van der Waals surface area contributed by atoms with Crippen molar-refractivity contribution in [2.75, 3.05) is 11.4 Å². The fraction of sp³-hybridized carbons (Fsp3) is 0.611. The van der Waals surface area contributed by atoms with Crippen molar-refractivity contribution in [2.24, 2.45) is 17.8 Å². The molecule has 1 aliphatic heterocycles. The highest BCUT2D eigenvalue weighted by Crippen LogP contribution is 2.49. The average molecular weight is 285 g/mol. The number of hydrogen-bond donors (Lipinski definition) is 1. The zero-order valence-electron chi connectivity index (χ0n) is 12.4. The molecule has 1 N–H and O–H groups in total. The first-order valence-electron chi connectivity index (χ1n) is 8.32. The number of carbonyl (C=O) groups excluding carboxylic acids is 1. The Balaban J connectivity index is 1.65. The van der Waals surface area contributed by atoms with Crippen LogP contribution >= 0.6 is 0 Å². The van der Waals surface area contributed by atoms with Crippen molar-refractivity contribution in [3.63, 3.8) is 0 Å². The Labute approximate surface area is 126 Å². The SMILES string of the molecule is O=C(C1CC2CCC1C2)N1CCCC(O)c2ccccc21. The standard InChI is InChI=1S/C18H23NO2/c20-17-6-3-9-19(16-5-2-1-4-14(16)17)18(21)15-11-12-7-8-13(15)10-12/h1-2,4-5,12-13,15,17,20H,3,6-11H2. The van der Waals surface area contributed by atoms with Crippen molar-refractivity contribution >= 4 is 11.6 Å². The van der Waals surface area contributed by atoms with Gasteiger partial charge in [-0.25, -0.2) is 0 Å². The van der Waals surface area contributed by atoms with Gasteiger partial charge in [-0.1, -0.05) is 24.6 Å². The number of carbonyl (C=O) groups is 1. The van der Waals surface area contributed by atoms with Crippen molar-refractivity contribution in [3.8, 4) is 0 Å². The number of nitrogens with zero attached hydrogens (tertiary/aromatic N) is 1. The minimum atomic E-state index is -0.431. The summed E-state index contributed by atoms with van der Waals surface area (Å²) in [4.78, 5) is 15.0. The lowest BCUT2D eigenvalue weighted by Gasteiger charge is -2.29. The first kappa shape index (κ1) is 13.3. The van der Waals surface area contributed by atoms with E-state index in [9.17, 15) is 9.90 Å². The van der Waals surface area contributed by atoms with Gasteiger partial charge in [-0.2, -0.15) is 0 Å². The Bertz CT molecular complexity index is 556. The van der Waals surface area contributed by atoms with Crippen LogP contribution in [0.5, 0.6) is 0 Å². The molecule has 3 heteroatoms. The summed E-state index contributed by atoms with van der Waals surface area (Å²) in [5, 5.41) is 10.3. The number of para-hydroxylation sites is 1. The second-order valence-corrected chi connectivity index (χ2v) is 6.99. The number of amides is 1. The van der Waals surface area contributed by atoms with Gasteiger partial charge in [0.05, 0.1) is 6.10 Å². The fourth-order valence-corrected chi connectivity index (χ4v) is 4.71. The van der Waals surface area contributed by atoms with E-state index in [-0.39, 0.29) is 5.92 Å². The second kappa shape index (κ2) is 5.13. The summed E-state index contributed by atoms with van der Waals surface area (Å²) in [6.45, 7) is 0.751. The Kier molecular flexibility index (Phi) is 3.26. The van der Waals surface area contributed by atoms with Gasteiger partial charge in [0.2, 0.25) is 5.91 Å². The maximum atomic E-state index is 13.1. The van der Waals surface area contributed by atoms with Crippen molar-refractivity contribution in [2.45, 2.75) is 44.6 Å². The molecule has 0 spiro atoms. The Morgan fingerprint density at radius 1 is 1.14 bits per heavy atom. The van der Waals surface area contributed by atoms with Crippen LogP contribution in [0.1, 0.15) is 50.2 Å². The molecule has 4 unspecified atom stereocenters. The zero-order valence-corrected chi connectivity index (χ0v) is 12.4. The Hall–Kier alpha value is -1.35. The summed E-state index contributed by atoms with van der Waals surface area (Å²) in [7, 11) is 0. The second-order valence-electron chi connectivity index (χ2n) is 6.99. The van der Waals surface area contributed by atoms with E-state index in [4.69, 9.17) is 0 Å². The maximum absolute atomic E-state index is 13.1. The molecule has 4 rings (SSSR count). The Morgan fingerprint density at radius 3 is 2.76 bits per heavy atom. The van der Waals surface area contributed by atoms with Gasteiger partial charge in [-0.15, -0.1) is 0 Å². The molecule has 2 fully saturated rings. The number of fused-ring (bicyclic) bond motifs is 3. The summed E-state index contributed by atoms with van der Waals surface area (Å²) < 4.78 is 0. The molecule has 0 radical (unpaired) electrons. The summed E-state index contributed by atoms with van der Waals surface area (Å²) in [6, 6.07) is 7.88. The molecule has 0 saturated heterocycles. The van der Waals surface area contributed by atoms with Gasteiger partial charge in [0.1, 0.15) is 0 Å². The topological polar surface area (TPSA) is 40.5 Å². The average Bonchev–Trinajstić information content (AvgIpc) is 3.09. The van der Waals surface area contributed by atoms with Gasteiger partial charge < -0.3 is 10.0 Å². The molecule has 1 amide bonds. The zero-order chi connectivity index (χ0) is 14.4. The predicted molar refractivity (Wildman–Crippen MR) is 81.9 cm³/mol. The van der Waals surface area contributed by atoms with E-state index in [2.05, 4.69) is 0 Å². The number of aliphatic hydroxyl groups excluding tert-OH is 1. The molecular formula is C18H23NO2. The summed E-state index contributed by atoms with van der Waals surface area (Å²) in [5.74, 6) is 1.94. The quantitative estimate of drug-likeness (QED) is 0.860. The van der Waals surface area contributed by atoms with Crippen molar-refractivity contribution in [3.05, 3.63) is 29.8 Å². The molecule has 21 heavy (non-hydrogen) atoms. The number of rotatable bonds is 1. The third kappa shape index (κ3) is 2.18. The maximum Gasteiger partial charge on any atom is 0.230 e. The molecule has 2 aliphatic carbocycles. The molecule has 2 saturated carbocycles. The van der Waals surface area contributed by atoms with E-state index < -0.39 is 6.10 Å². The van der Waals surface area contributed by atoms with Crippen LogP contribution in [0.2, 0.25) is 0 Å². The smallest absolute Gasteiger partial charge is 0.230 e. The first-order valence-corrected chi connectivity index (χ1v) is 8.32. The third-order valence-electron chi connectivity index (χ3n) is 5.77. The highest BCUT2D eigenvalue weighted by atomic mass is 16.3. The largest absolute Gasteiger partial charge is 0.388 e. The normalized spacial score (nSPS) is 34.6. The summed E-state index contributed by atoms with van der Waals surface area (Å²) in [5.41, 5.74) is 1.86. The van der Waals surface area contributed by atoms with Crippen LogP contribution in [0.15, 0.2) is 24.3 Å². The lowest BCUT2D eigenvalue weighted by molar-refractivity contribution is -0.123. The molecule has 3 aliphatic rings. The van der Waals surface area contributed by atoms with Gasteiger partial charge in [0.25, 0.3) is 0 Å². The molecule has 112 valence electrons. The predicted octanol–water partition coefficient (Wildman–Crippen LogP) is 3.28. The van der Waals surface area contributed by atoms with Gasteiger partial charge in [0, 0.05) is 23.7 Å². The molecule has 1 aromatic carbocycles. The monoisotopic (exact) mass is 285 g/mol. The minimum absolute atomic E-state index is 0.229. The highest BCUT2D eigenvalue weighted by molar-refractivity contribution is 5.96. The van der Waals surface area contributed by atoms with Crippen LogP contribution in [-0.2, 0) is 4.79 Å². The van der Waals surface area contributed by atoms with Crippen LogP contribution in [-0.4, -0.2) is 17.6 Å². The van der Waals surface area contributed by atoms with Crippen molar-refractivity contribution in [1.82, 2.24) is 0 Å². The lowest BCUT2D eigenvalue weighted by atomic mass is 9.87. The summed E-state index contributed by atoms with van der Waals surface area (Å²) in [6.07, 6.45) is 6.10. The van der Waals surface area contributed by atoms with Crippen LogP contribution < -0.4 is 4.90 Å². The van der Waals surface area contributed by atoms with E-state index in [0.29, 0.717) is 11.8 Å². The fourth-order valence-electron chi connectivity index (χ4n) is 4.71. The van der Waals surface area contributed by atoms with E-state index >= 15 is 0 Å². The van der Waals surface area contributed by atoms with E-state index in [1.54, 1.807) is 0 Å². The molecule has 2 bridgehead atoms. The van der Waals surface area contributed by atoms with Crippen LogP contribution in [0.25, 0.3) is 0 Å². The Morgan fingerprint density at radius 2 is 2.00 bits per heavy atom. The molecule has 3 nitrogen and oxygen atoms in total. The number of anilines is 1. The van der Waals surface area contributed by atoms with Crippen molar-refractivity contribution < 1.29 is 9.90 Å². The van der Waals surface area contributed by atoms with Gasteiger partial charge in [-0.3, -0.25) is 4.79 Å². The lowest BCUT2D eigenvalue weighted by Crippen LogP contribution is -2.39. The number of hydrogen-bond acceptors (Lipinski definition) is 2. The van der Waals surface area contributed by atoms with Gasteiger partial charge in [0.15, 0.2) is 0 Å². The van der Waals surface area contributed by atoms with E-state index in [0.717, 1.165) is 43.0 Å². The molecular weight excluding hydrogens is 262 g/mol. The van der Waals surface area contributed by atoms with Crippen molar-refractivity contribution in [1.29, 1.82) is 0 Å². The third-order valence-corrected chi connectivity index (χ3v) is 5.77. The highest BCUT2D eigenvalue weighted by Gasteiger charge is 2.45. The molecule has 0 aromatic heterocycles. The van der Waals surface area contributed by atoms with Crippen LogP contribution in [0, 0.1) is 17.8 Å². The van der Waals surface area contributed by atoms with E-state index in [1.807, 2.05) is 29.2 Å². The van der Waals surface area contributed by atoms with Gasteiger partial charge >= 0.3 is 0 Å². The number of benzene rings is 1. The molecule has 1 heterocycles. The van der Waals surface area contributed by atoms with Crippen LogP contribution in [0.3, 0.4) is 0 Å². The van der Waals surface area contributed by atoms with Crippen LogP contribution in [0.4, 0.5) is 5.69 Å². The number of aliphatic hydroxyl groups is 1.